The fourth-order valence-corrected chi connectivity index (χ4v) is 2.01. The standard InChI is InChI=1S/C14H21NO4/c1-5-6-8-15-9-7-10(2)11(13(16)18-3)12(15)14(17)19-4/h7,9-10H,5-6,8H2,1-4H3/t10-/m0/s1. The van der Waals surface area contributed by atoms with Crippen LogP contribution in [0.3, 0.4) is 0 Å². The molecule has 0 saturated heterocycles. The molecular weight excluding hydrogens is 246 g/mol. The normalized spacial score (nSPS) is 18.5. The van der Waals surface area contributed by atoms with Gasteiger partial charge in [-0.1, -0.05) is 26.3 Å². The minimum Gasteiger partial charge on any atom is -0.466 e. The molecule has 0 saturated carbocycles. The zero-order valence-corrected chi connectivity index (χ0v) is 11.9. The van der Waals surface area contributed by atoms with Crippen molar-refractivity contribution < 1.29 is 19.1 Å². The van der Waals surface area contributed by atoms with Crippen LogP contribution in [0, 0.1) is 5.92 Å². The summed E-state index contributed by atoms with van der Waals surface area (Å²) in [6, 6.07) is 0. The van der Waals surface area contributed by atoms with Gasteiger partial charge in [0, 0.05) is 18.7 Å². The Bertz CT molecular complexity index is 412. The highest BCUT2D eigenvalue weighted by atomic mass is 16.5. The highest BCUT2D eigenvalue weighted by Crippen LogP contribution is 2.27. The Morgan fingerprint density at radius 1 is 1.26 bits per heavy atom. The average Bonchev–Trinajstić information content (AvgIpc) is 2.43. The van der Waals surface area contributed by atoms with Gasteiger partial charge in [0.05, 0.1) is 19.8 Å². The summed E-state index contributed by atoms with van der Waals surface area (Å²) in [6.07, 6.45) is 5.64. The van der Waals surface area contributed by atoms with Crippen LogP contribution < -0.4 is 0 Å². The molecule has 1 aliphatic rings. The first-order chi connectivity index (χ1) is 9.06. The van der Waals surface area contributed by atoms with Crippen LogP contribution in [0.5, 0.6) is 0 Å². The van der Waals surface area contributed by atoms with Crippen LogP contribution in [0.2, 0.25) is 0 Å². The van der Waals surface area contributed by atoms with Gasteiger partial charge >= 0.3 is 11.9 Å². The molecular formula is C14H21NO4. The van der Waals surface area contributed by atoms with E-state index in [0.29, 0.717) is 12.1 Å². The fourth-order valence-electron chi connectivity index (χ4n) is 2.01. The van der Waals surface area contributed by atoms with Gasteiger partial charge in [0.25, 0.3) is 0 Å². The molecule has 1 heterocycles. The Hall–Kier alpha value is -1.78. The monoisotopic (exact) mass is 267 g/mol. The third-order valence-electron chi connectivity index (χ3n) is 3.09. The van der Waals surface area contributed by atoms with E-state index in [1.807, 2.05) is 19.2 Å². The molecule has 0 amide bonds. The highest BCUT2D eigenvalue weighted by molar-refractivity contribution is 6.01. The van der Waals surface area contributed by atoms with Gasteiger partial charge < -0.3 is 14.4 Å². The second-order valence-electron chi connectivity index (χ2n) is 4.42. The zero-order valence-electron chi connectivity index (χ0n) is 11.9. The lowest BCUT2D eigenvalue weighted by Crippen LogP contribution is -2.33. The lowest BCUT2D eigenvalue weighted by atomic mass is 9.95. The first-order valence-electron chi connectivity index (χ1n) is 6.42. The van der Waals surface area contributed by atoms with Crippen LogP contribution in [-0.4, -0.2) is 37.6 Å². The van der Waals surface area contributed by atoms with Gasteiger partial charge in [0.1, 0.15) is 5.70 Å². The Morgan fingerprint density at radius 3 is 2.42 bits per heavy atom. The zero-order chi connectivity index (χ0) is 14.4. The minimum absolute atomic E-state index is 0.167. The maximum absolute atomic E-state index is 12.0. The number of hydrogen-bond acceptors (Lipinski definition) is 5. The van der Waals surface area contributed by atoms with Gasteiger partial charge in [-0.25, -0.2) is 9.59 Å². The molecule has 1 atom stereocenters. The first-order valence-corrected chi connectivity index (χ1v) is 6.42. The van der Waals surface area contributed by atoms with Gasteiger partial charge in [0.2, 0.25) is 0 Å². The van der Waals surface area contributed by atoms with Crippen LogP contribution in [0.1, 0.15) is 26.7 Å². The van der Waals surface area contributed by atoms with E-state index in [0.717, 1.165) is 12.8 Å². The maximum Gasteiger partial charge on any atom is 0.355 e. The molecule has 0 aromatic carbocycles. The molecule has 0 fully saturated rings. The molecule has 1 rings (SSSR count). The number of nitrogens with zero attached hydrogens (tertiary/aromatic N) is 1. The van der Waals surface area contributed by atoms with E-state index < -0.39 is 11.9 Å². The van der Waals surface area contributed by atoms with Crippen molar-refractivity contribution in [3.63, 3.8) is 0 Å². The molecule has 0 unspecified atom stereocenters. The summed E-state index contributed by atoms with van der Waals surface area (Å²) in [6.45, 7) is 4.59. The summed E-state index contributed by atoms with van der Waals surface area (Å²) in [5.74, 6) is -1.16. The second-order valence-corrected chi connectivity index (χ2v) is 4.42. The minimum atomic E-state index is -0.507. The van der Waals surface area contributed by atoms with Crippen molar-refractivity contribution in [3.8, 4) is 0 Å². The van der Waals surface area contributed by atoms with Crippen LogP contribution in [0.15, 0.2) is 23.5 Å². The summed E-state index contributed by atoms with van der Waals surface area (Å²) < 4.78 is 9.57. The average molecular weight is 267 g/mol. The number of carbonyl (C=O) groups is 2. The summed E-state index contributed by atoms with van der Waals surface area (Å²) in [7, 11) is 2.62. The van der Waals surface area contributed by atoms with E-state index in [1.165, 1.54) is 14.2 Å². The summed E-state index contributed by atoms with van der Waals surface area (Å²) in [5, 5.41) is 0. The van der Waals surface area contributed by atoms with Gasteiger partial charge in [-0.15, -0.1) is 0 Å². The number of unbranched alkanes of at least 4 members (excludes halogenated alkanes) is 1. The molecule has 0 N–H and O–H groups in total. The third kappa shape index (κ3) is 3.36. The van der Waals surface area contributed by atoms with E-state index in [2.05, 4.69) is 6.92 Å². The van der Waals surface area contributed by atoms with E-state index >= 15 is 0 Å². The molecule has 19 heavy (non-hydrogen) atoms. The number of ether oxygens (including phenoxy) is 2. The second kappa shape index (κ2) is 6.97. The molecule has 0 aromatic rings. The molecule has 0 radical (unpaired) electrons. The van der Waals surface area contributed by atoms with Crippen molar-refractivity contribution >= 4 is 11.9 Å². The van der Waals surface area contributed by atoms with E-state index in [-0.39, 0.29) is 11.6 Å². The molecule has 106 valence electrons. The lowest BCUT2D eigenvalue weighted by molar-refractivity contribution is -0.141. The van der Waals surface area contributed by atoms with Crippen LogP contribution >= 0.6 is 0 Å². The van der Waals surface area contributed by atoms with Crippen LogP contribution in [0.25, 0.3) is 0 Å². The Kier molecular flexibility index (Phi) is 5.60. The van der Waals surface area contributed by atoms with Gasteiger partial charge in [-0.05, 0) is 6.42 Å². The van der Waals surface area contributed by atoms with Crippen LogP contribution in [-0.2, 0) is 19.1 Å². The summed E-state index contributed by atoms with van der Waals surface area (Å²) in [4.78, 5) is 25.6. The summed E-state index contributed by atoms with van der Waals surface area (Å²) in [5.41, 5.74) is 0.644. The first kappa shape index (κ1) is 15.3. The number of hydrogen-bond donors (Lipinski definition) is 0. The Balaban J connectivity index is 3.19. The maximum atomic E-state index is 12.0. The molecule has 1 aliphatic heterocycles. The topological polar surface area (TPSA) is 55.8 Å². The van der Waals surface area contributed by atoms with E-state index in [4.69, 9.17) is 9.47 Å². The SMILES string of the molecule is CCCCN1C=C[C@H](C)C(C(=O)OC)=C1C(=O)OC. The quantitative estimate of drug-likeness (QED) is 0.712. The largest absolute Gasteiger partial charge is 0.466 e. The van der Waals surface area contributed by atoms with Crippen LogP contribution in [0.4, 0.5) is 0 Å². The predicted molar refractivity (Wildman–Crippen MR) is 71.0 cm³/mol. The molecule has 0 aromatic heterocycles. The van der Waals surface area contributed by atoms with Gasteiger partial charge in [-0.3, -0.25) is 0 Å². The van der Waals surface area contributed by atoms with E-state index in [1.54, 1.807) is 4.90 Å². The molecule has 0 spiro atoms. The fraction of sp³-hybridized carbons (Fsp3) is 0.571. The number of methoxy groups -OCH3 is 2. The molecule has 0 aliphatic carbocycles. The van der Waals surface area contributed by atoms with Crippen molar-refractivity contribution in [2.45, 2.75) is 26.7 Å². The number of rotatable bonds is 5. The van der Waals surface area contributed by atoms with Crippen molar-refractivity contribution in [3.05, 3.63) is 23.5 Å². The van der Waals surface area contributed by atoms with E-state index in [9.17, 15) is 9.59 Å². The molecule has 0 bridgehead atoms. The lowest BCUT2D eigenvalue weighted by Gasteiger charge is -2.29. The molecule has 5 nitrogen and oxygen atoms in total. The van der Waals surface area contributed by atoms with Gasteiger partial charge in [0.15, 0.2) is 0 Å². The predicted octanol–water partition coefficient (Wildman–Crippen LogP) is 1.85. The van der Waals surface area contributed by atoms with Gasteiger partial charge in [-0.2, -0.15) is 0 Å². The van der Waals surface area contributed by atoms with Crippen molar-refractivity contribution in [1.82, 2.24) is 4.90 Å². The number of esters is 2. The highest BCUT2D eigenvalue weighted by Gasteiger charge is 2.31. The molecule has 5 heteroatoms. The Labute approximate surface area is 113 Å². The van der Waals surface area contributed by atoms with Crippen molar-refractivity contribution in [2.24, 2.45) is 5.92 Å². The smallest absolute Gasteiger partial charge is 0.355 e. The number of allylic oxidation sites excluding steroid dienone is 1. The Morgan fingerprint density at radius 2 is 1.89 bits per heavy atom. The van der Waals surface area contributed by atoms with Crippen molar-refractivity contribution in [2.75, 3.05) is 20.8 Å². The van der Waals surface area contributed by atoms with Crippen molar-refractivity contribution in [1.29, 1.82) is 0 Å². The number of carbonyl (C=O) groups excluding carboxylic acids is 2. The third-order valence-corrected chi connectivity index (χ3v) is 3.09. The summed E-state index contributed by atoms with van der Waals surface area (Å²) >= 11 is 0.